The molecule has 0 nitrogen and oxygen atoms in total. The molecule has 1 rings (SSSR count). The Balaban J connectivity index is 2.35. The zero-order chi connectivity index (χ0) is 6.53. The number of hydrogen-bond acceptors (Lipinski definition) is 0. The summed E-state index contributed by atoms with van der Waals surface area (Å²) in [7, 11) is 0. The minimum Gasteiger partial charge on any atom is -0.0933 e. The number of allylic oxidation sites excluding steroid dienone is 3. The second kappa shape index (κ2) is 3.73. The van der Waals surface area contributed by atoms with Crippen LogP contribution in [0.15, 0.2) is 23.8 Å². The lowest BCUT2D eigenvalue weighted by molar-refractivity contribution is 0.584. The molecule has 1 aliphatic carbocycles. The van der Waals surface area contributed by atoms with Gasteiger partial charge in [-0.2, -0.15) is 0 Å². The molecule has 0 aromatic rings. The first-order valence-corrected chi connectivity index (χ1v) is 3.79. The smallest absolute Gasteiger partial charge is 0.000536 e. The van der Waals surface area contributed by atoms with E-state index < -0.39 is 0 Å². The van der Waals surface area contributed by atoms with Crippen molar-refractivity contribution in [3.05, 3.63) is 23.8 Å². The lowest BCUT2D eigenvalue weighted by Crippen LogP contribution is -1.97. The minimum absolute atomic E-state index is 0.701. The van der Waals surface area contributed by atoms with Gasteiger partial charge in [-0.15, -0.1) is 0 Å². The molecule has 0 amide bonds. The van der Waals surface area contributed by atoms with Crippen molar-refractivity contribution >= 4 is 11.6 Å². The summed E-state index contributed by atoms with van der Waals surface area (Å²) in [6, 6.07) is 0. The summed E-state index contributed by atoms with van der Waals surface area (Å²) in [5, 5.41) is 0. The van der Waals surface area contributed by atoms with Gasteiger partial charge < -0.3 is 0 Å². The number of halogens is 1. The highest BCUT2D eigenvalue weighted by Gasteiger charge is 2.03. The van der Waals surface area contributed by atoms with Gasteiger partial charge in [0, 0.05) is 5.54 Å². The molecule has 0 heterocycles. The van der Waals surface area contributed by atoms with Crippen LogP contribution in [0, 0.1) is 5.92 Å². The first-order valence-electron chi connectivity index (χ1n) is 3.35. The van der Waals surface area contributed by atoms with Crippen LogP contribution in [0.25, 0.3) is 0 Å². The maximum atomic E-state index is 5.43. The first kappa shape index (κ1) is 6.88. The molecule has 0 aliphatic heterocycles. The standard InChI is InChI=1S/C8H11Cl/c9-7-6-8-4-2-1-3-5-8/h1-2,6-8H,3-5H2/b7-6-. The van der Waals surface area contributed by atoms with E-state index in [0.717, 1.165) is 0 Å². The van der Waals surface area contributed by atoms with E-state index in [-0.39, 0.29) is 0 Å². The van der Waals surface area contributed by atoms with Crippen molar-refractivity contribution in [2.75, 3.05) is 0 Å². The maximum Gasteiger partial charge on any atom is 0.000536 e. The van der Waals surface area contributed by atoms with Crippen molar-refractivity contribution in [3.63, 3.8) is 0 Å². The molecular weight excluding hydrogens is 132 g/mol. The quantitative estimate of drug-likeness (QED) is 0.494. The molecule has 50 valence electrons. The van der Waals surface area contributed by atoms with Gasteiger partial charge in [0.25, 0.3) is 0 Å². The first-order chi connectivity index (χ1) is 4.43. The normalized spacial score (nSPS) is 27.4. The van der Waals surface area contributed by atoms with Gasteiger partial charge in [-0.1, -0.05) is 29.8 Å². The molecular formula is C8H11Cl. The average molecular weight is 143 g/mol. The zero-order valence-electron chi connectivity index (χ0n) is 5.39. The molecule has 0 spiro atoms. The van der Waals surface area contributed by atoms with E-state index in [2.05, 4.69) is 18.2 Å². The maximum absolute atomic E-state index is 5.43. The van der Waals surface area contributed by atoms with Crippen LogP contribution < -0.4 is 0 Å². The highest BCUT2D eigenvalue weighted by Crippen LogP contribution is 2.19. The van der Waals surface area contributed by atoms with Crippen LogP contribution in [-0.2, 0) is 0 Å². The van der Waals surface area contributed by atoms with Crippen molar-refractivity contribution in [3.8, 4) is 0 Å². The number of hydrogen-bond donors (Lipinski definition) is 0. The Morgan fingerprint density at radius 2 is 2.33 bits per heavy atom. The fourth-order valence-corrected chi connectivity index (χ4v) is 1.30. The molecule has 9 heavy (non-hydrogen) atoms. The van der Waals surface area contributed by atoms with Crippen molar-refractivity contribution in [1.29, 1.82) is 0 Å². The van der Waals surface area contributed by atoms with Crippen LogP contribution in [0.1, 0.15) is 19.3 Å². The second-order valence-corrected chi connectivity index (χ2v) is 2.61. The van der Waals surface area contributed by atoms with Gasteiger partial charge in [0.05, 0.1) is 0 Å². The summed E-state index contributed by atoms with van der Waals surface area (Å²) < 4.78 is 0. The summed E-state index contributed by atoms with van der Waals surface area (Å²) in [5.74, 6) is 0.701. The summed E-state index contributed by atoms with van der Waals surface area (Å²) in [5.41, 5.74) is 1.63. The van der Waals surface area contributed by atoms with Crippen LogP contribution in [0.2, 0.25) is 0 Å². The van der Waals surface area contributed by atoms with Gasteiger partial charge in [0.15, 0.2) is 0 Å². The van der Waals surface area contributed by atoms with Crippen molar-refractivity contribution in [2.45, 2.75) is 19.3 Å². The topological polar surface area (TPSA) is 0 Å². The van der Waals surface area contributed by atoms with Crippen LogP contribution >= 0.6 is 11.6 Å². The van der Waals surface area contributed by atoms with E-state index in [0.29, 0.717) is 5.92 Å². The summed E-state index contributed by atoms with van der Waals surface area (Å²) in [4.78, 5) is 0. The molecule has 0 N–H and O–H groups in total. The highest BCUT2D eigenvalue weighted by molar-refractivity contribution is 6.25. The monoisotopic (exact) mass is 142 g/mol. The third kappa shape index (κ3) is 2.23. The van der Waals surface area contributed by atoms with Gasteiger partial charge in [-0.05, 0) is 25.2 Å². The predicted molar refractivity (Wildman–Crippen MR) is 41.5 cm³/mol. The zero-order valence-corrected chi connectivity index (χ0v) is 6.14. The van der Waals surface area contributed by atoms with E-state index in [1.54, 1.807) is 5.54 Å². The Labute approximate surface area is 61.2 Å². The minimum atomic E-state index is 0.701. The molecule has 1 heteroatoms. The Bertz CT molecular complexity index is 125. The van der Waals surface area contributed by atoms with Gasteiger partial charge >= 0.3 is 0 Å². The molecule has 0 aromatic carbocycles. The highest BCUT2D eigenvalue weighted by atomic mass is 35.5. The molecule has 0 saturated heterocycles. The fourth-order valence-electron chi connectivity index (χ4n) is 1.09. The molecule has 0 radical (unpaired) electrons. The van der Waals surface area contributed by atoms with Crippen molar-refractivity contribution < 1.29 is 0 Å². The molecule has 0 aromatic heterocycles. The Kier molecular flexibility index (Phi) is 2.85. The number of rotatable bonds is 1. The van der Waals surface area contributed by atoms with E-state index in [1.165, 1.54) is 19.3 Å². The van der Waals surface area contributed by atoms with Crippen molar-refractivity contribution in [1.82, 2.24) is 0 Å². The van der Waals surface area contributed by atoms with Gasteiger partial charge in [-0.25, -0.2) is 0 Å². The van der Waals surface area contributed by atoms with E-state index >= 15 is 0 Å². The van der Waals surface area contributed by atoms with Gasteiger partial charge in [-0.3, -0.25) is 0 Å². The summed E-state index contributed by atoms with van der Waals surface area (Å²) >= 11 is 5.43. The van der Waals surface area contributed by atoms with Gasteiger partial charge in [0.1, 0.15) is 0 Å². The van der Waals surface area contributed by atoms with Crippen LogP contribution in [0.5, 0.6) is 0 Å². The summed E-state index contributed by atoms with van der Waals surface area (Å²) in [6.45, 7) is 0. The largest absolute Gasteiger partial charge is 0.0933 e. The van der Waals surface area contributed by atoms with Crippen LogP contribution in [0.4, 0.5) is 0 Å². The third-order valence-electron chi connectivity index (χ3n) is 1.65. The average Bonchev–Trinajstić information content (AvgIpc) is 1.91. The van der Waals surface area contributed by atoms with Crippen molar-refractivity contribution in [2.24, 2.45) is 5.92 Å². The molecule has 0 bridgehead atoms. The van der Waals surface area contributed by atoms with Crippen LogP contribution in [-0.4, -0.2) is 0 Å². The van der Waals surface area contributed by atoms with Crippen LogP contribution in [0.3, 0.4) is 0 Å². The van der Waals surface area contributed by atoms with E-state index in [1.807, 2.05) is 0 Å². The predicted octanol–water partition coefficient (Wildman–Crippen LogP) is 3.10. The SMILES string of the molecule is Cl/C=C\C1CC=CCC1. The lowest BCUT2D eigenvalue weighted by Gasteiger charge is -2.11. The van der Waals surface area contributed by atoms with Gasteiger partial charge in [0.2, 0.25) is 0 Å². The molecule has 1 aliphatic rings. The lowest BCUT2D eigenvalue weighted by atomic mass is 9.95. The molecule has 0 fully saturated rings. The van der Waals surface area contributed by atoms with E-state index in [9.17, 15) is 0 Å². The van der Waals surface area contributed by atoms with E-state index in [4.69, 9.17) is 11.6 Å². The Hall–Kier alpha value is -0.230. The molecule has 1 unspecified atom stereocenters. The third-order valence-corrected chi connectivity index (χ3v) is 1.80. The molecule has 1 atom stereocenters. The Morgan fingerprint density at radius 3 is 2.89 bits per heavy atom. The molecule has 0 saturated carbocycles. The summed E-state index contributed by atoms with van der Waals surface area (Å²) in [6.07, 6.45) is 10.2. The Morgan fingerprint density at radius 1 is 1.44 bits per heavy atom. The second-order valence-electron chi connectivity index (χ2n) is 2.36. The fraction of sp³-hybridized carbons (Fsp3) is 0.500.